The summed E-state index contributed by atoms with van der Waals surface area (Å²) in [7, 11) is 0. The van der Waals surface area contributed by atoms with Crippen molar-refractivity contribution >= 4 is 29.1 Å². The zero-order valence-electron chi connectivity index (χ0n) is 13.4. The van der Waals surface area contributed by atoms with Crippen molar-refractivity contribution in [1.29, 1.82) is 0 Å². The van der Waals surface area contributed by atoms with Crippen molar-refractivity contribution in [3.05, 3.63) is 70.3 Å². The van der Waals surface area contributed by atoms with Gasteiger partial charge in [-0.15, -0.1) is 0 Å². The summed E-state index contributed by atoms with van der Waals surface area (Å²) in [5, 5.41) is 11.0. The molecule has 0 bridgehead atoms. The number of carbonyl (C=O) groups is 3. The highest BCUT2D eigenvalue weighted by molar-refractivity contribution is 6.22. The van der Waals surface area contributed by atoms with Gasteiger partial charge in [0.25, 0.3) is 17.5 Å². The first-order valence-electron chi connectivity index (χ1n) is 7.70. The third kappa shape index (κ3) is 3.28. The van der Waals surface area contributed by atoms with E-state index in [-0.39, 0.29) is 17.7 Å². The van der Waals surface area contributed by atoms with Crippen LogP contribution in [-0.2, 0) is 9.59 Å². The van der Waals surface area contributed by atoms with Crippen molar-refractivity contribution in [2.45, 2.75) is 12.5 Å². The molecule has 9 nitrogen and oxygen atoms in total. The third-order valence-corrected chi connectivity index (χ3v) is 3.87. The molecule has 1 atom stereocenters. The molecule has 1 aliphatic heterocycles. The molecule has 1 saturated heterocycles. The number of nitro groups is 1. The number of benzene rings is 2. The summed E-state index contributed by atoms with van der Waals surface area (Å²) in [5.41, 5.74) is 4.69. The van der Waals surface area contributed by atoms with Crippen LogP contribution < -0.4 is 15.8 Å². The third-order valence-electron chi connectivity index (χ3n) is 3.87. The van der Waals surface area contributed by atoms with Crippen molar-refractivity contribution in [2.75, 3.05) is 4.90 Å². The number of hydrogen-bond acceptors (Lipinski definition) is 6. The van der Waals surface area contributed by atoms with E-state index in [0.717, 1.165) is 4.90 Å². The molecule has 0 radical (unpaired) electrons. The fraction of sp³-hybridized carbons (Fsp3) is 0.118. The first kappa shape index (κ1) is 17.2. The summed E-state index contributed by atoms with van der Waals surface area (Å²) in [6, 6.07) is 12.9. The zero-order valence-corrected chi connectivity index (χ0v) is 13.4. The number of hydrazine groups is 1. The highest BCUT2D eigenvalue weighted by Crippen LogP contribution is 2.22. The van der Waals surface area contributed by atoms with Crippen LogP contribution >= 0.6 is 0 Å². The lowest BCUT2D eigenvalue weighted by atomic mass is 10.2. The fourth-order valence-corrected chi connectivity index (χ4v) is 2.64. The molecule has 26 heavy (non-hydrogen) atoms. The molecule has 1 fully saturated rings. The molecule has 1 heterocycles. The Morgan fingerprint density at radius 2 is 1.73 bits per heavy atom. The number of hydrogen-bond donors (Lipinski definition) is 2. The number of anilines is 1. The number of carbonyl (C=O) groups excluding carboxylic acids is 3. The molecular formula is C17H14N4O5. The molecule has 9 heteroatoms. The van der Waals surface area contributed by atoms with Crippen LogP contribution in [0.15, 0.2) is 54.6 Å². The Morgan fingerprint density at radius 1 is 1.08 bits per heavy atom. The number of nitro benzene ring substituents is 1. The average Bonchev–Trinajstić information content (AvgIpc) is 2.93. The lowest BCUT2D eigenvalue weighted by Gasteiger charge is -2.15. The van der Waals surface area contributed by atoms with Crippen molar-refractivity contribution in [2.24, 2.45) is 0 Å². The van der Waals surface area contributed by atoms with Crippen LogP contribution in [0.4, 0.5) is 11.4 Å². The van der Waals surface area contributed by atoms with Crippen LogP contribution in [0.25, 0.3) is 0 Å². The number of nitrogens with one attached hydrogen (secondary N) is 2. The van der Waals surface area contributed by atoms with Gasteiger partial charge >= 0.3 is 0 Å². The smallest absolute Gasteiger partial charge is 0.282 e. The summed E-state index contributed by atoms with van der Waals surface area (Å²) in [4.78, 5) is 48.1. The maximum absolute atomic E-state index is 12.4. The largest absolute Gasteiger partial charge is 0.286 e. The molecule has 2 aromatic rings. The van der Waals surface area contributed by atoms with E-state index < -0.39 is 28.7 Å². The molecular weight excluding hydrogens is 340 g/mol. The Labute approximate surface area is 147 Å². The minimum absolute atomic E-state index is 0.134. The molecule has 0 spiro atoms. The van der Waals surface area contributed by atoms with Gasteiger partial charge in [-0.05, 0) is 18.2 Å². The Balaban J connectivity index is 1.69. The van der Waals surface area contributed by atoms with Gasteiger partial charge < -0.3 is 0 Å². The monoisotopic (exact) mass is 354 g/mol. The highest BCUT2D eigenvalue weighted by Gasteiger charge is 2.39. The second-order valence-corrected chi connectivity index (χ2v) is 5.53. The van der Waals surface area contributed by atoms with Gasteiger partial charge in [0.1, 0.15) is 11.6 Å². The summed E-state index contributed by atoms with van der Waals surface area (Å²) >= 11 is 0. The molecule has 2 N–H and O–H groups in total. The van der Waals surface area contributed by atoms with Crippen LogP contribution in [-0.4, -0.2) is 28.7 Å². The molecule has 3 amide bonds. The first-order valence-corrected chi connectivity index (χ1v) is 7.70. The van der Waals surface area contributed by atoms with Gasteiger partial charge in [0.05, 0.1) is 17.0 Å². The normalized spacial score (nSPS) is 16.6. The van der Waals surface area contributed by atoms with E-state index in [9.17, 15) is 24.5 Å². The summed E-state index contributed by atoms with van der Waals surface area (Å²) in [6.45, 7) is 0. The van der Waals surface area contributed by atoms with Gasteiger partial charge in [-0.1, -0.05) is 30.3 Å². The maximum atomic E-state index is 12.4. The van der Waals surface area contributed by atoms with Crippen LogP contribution in [0.3, 0.4) is 0 Å². The van der Waals surface area contributed by atoms with E-state index in [2.05, 4.69) is 10.9 Å². The lowest BCUT2D eigenvalue weighted by molar-refractivity contribution is -0.385. The van der Waals surface area contributed by atoms with E-state index in [4.69, 9.17) is 0 Å². The van der Waals surface area contributed by atoms with Crippen LogP contribution in [0.2, 0.25) is 0 Å². The van der Waals surface area contributed by atoms with Crippen molar-refractivity contribution in [3.8, 4) is 0 Å². The Bertz CT molecular complexity index is 884. The van der Waals surface area contributed by atoms with Gasteiger partial charge in [0.15, 0.2) is 0 Å². The minimum atomic E-state index is -0.950. The number of para-hydroxylation sites is 2. The van der Waals surface area contributed by atoms with Crippen molar-refractivity contribution in [1.82, 2.24) is 10.9 Å². The van der Waals surface area contributed by atoms with Gasteiger partial charge in [0, 0.05) is 6.07 Å². The van der Waals surface area contributed by atoms with E-state index in [1.165, 1.54) is 24.3 Å². The maximum Gasteiger partial charge on any atom is 0.282 e. The molecule has 1 unspecified atom stereocenters. The predicted molar refractivity (Wildman–Crippen MR) is 91.0 cm³/mol. The molecule has 132 valence electrons. The Morgan fingerprint density at radius 3 is 2.42 bits per heavy atom. The van der Waals surface area contributed by atoms with Gasteiger partial charge in [-0.25, -0.2) is 10.3 Å². The molecule has 0 aromatic heterocycles. The number of nitrogens with zero attached hydrogens (tertiary/aromatic N) is 2. The fourth-order valence-electron chi connectivity index (χ4n) is 2.64. The Hall–Kier alpha value is -3.59. The highest BCUT2D eigenvalue weighted by atomic mass is 16.6. The van der Waals surface area contributed by atoms with Gasteiger partial charge in [-0.3, -0.25) is 29.9 Å². The SMILES string of the molecule is O=C(NNC1CC(=O)N(c2ccccc2)C1=O)c1ccccc1[N+](=O)[O-]. The molecule has 3 rings (SSSR count). The van der Waals surface area contributed by atoms with Crippen molar-refractivity contribution in [3.63, 3.8) is 0 Å². The first-order chi connectivity index (χ1) is 12.5. The predicted octanol–water partition coefficient (Wildman–Crippen LogP) is 1.16. The van der Waals surface area contributed by atoms with Gasteiger partial charge in [0.2, 0.25) is 5.91 Å². The molecule has 0 aliphatic carbocycles. The minimum Gasteiger partial charge on any atom is -0.286 e. The summed E-state index contributed by atoms with van der Waals surface area (Å²) in [6.07, 6.45) is -0.134. The topological polar surface area (TPSA) is 122 Å². The standard InChI is InChI=1S/C17H14N4O5/c22-15-10-13(17(24)20(15)11-6-2-1-3-7-11)18-19-16(23)12-8-4-5-9-14(12)21(25)26/h1-9,13,18H,10H2,(H,19,23). The number of imide groups is 1. The van der Waals surface area contributed by atoms with E-state index in [1.807, 2.05) is 0 Å². The zero-order chi connectivity index (χ0) is 18.7. The van der Waals surface area contributed by atoms with E-state index in [0.29, 0.717) is 5.69 Å². The van der Waals surface area contributed by atoms with E-state index in [1.54, 1.807) is 30.3 Å². The van der Waals surface area contributed by atoms with E-state index >= 15 is 0 Å². The summed E-state index contributed by atoms with van der Waals surface area (Å²) < 4.78 is 0. The molecule has 1 aliphatic rings. The second kappa shape index (κ2) is 7.11. The second-order valence-electron chi connectivity index (χ2n) is 5.53. The lowest BCUT2D eigenvalue weighted by Crippen LogP contribution is -2.48. The number of rotatable bonds is 5. The van der Waals surface area contributed by atoms with Crippen molar-refractivity contribution < 1.29 is 19.3 Å². The Kier molecular flexibility index (Phi) is 4.72. The quantitative estimate of drug-likeness (QED) is 0.472. The van der Waals surface area contributed by atoms with Gasteiger partial charge in [-0.2, -0.15) is 0 Å². The molecule has 0 saturated carbocycles. The molecule has 2 aromatic carbocycles. The van der Waals surface area contributed by atoms with Crippen LogP contribution in [0.1, 0.15) is 16.8 Å². The average molecular weight is 354 g/mol. The van der Waals surface area contributed by atoms with Crippen LogP contribution in [0.5, 0.6) is 0 Å². The van der Waals surface area contributed by atoms with Crippen LogP contribution in [0, 0.1) is 10.1 Å². The number of amides is 3. The summed E-state index contributed by atoms with van der Waals surface area (Å²) in [5.74, 6) is -1.68.